The van der Waals surface area contributed by atoms with Crippen LogP contribution in [-0.4, -0.2) is 36.8 Å². The Kier molecular flexibility index (Phi) is 5.99. The molecule has 0 radical (unpaired) electrons. The van der Waals surface area contributed by atoms with Gasteiger partial charge in [-0.15, -0.1) is 10.2 Å². The number of rotatable bonds is 7. The van der Waals surface area contributed by atoms with Crippen molar-refractivity contribution in [3.8, 4) is 11.4 Å². The van der Waals surface area contributed by atoms with Crippen LogP contribution in [0.2, 0.25) is 0 Å². The van der Waals surface area contributed by atoms with Crippen LogP contribution in [0.5, 0.6) is 5.75 Å². The first-order valence-electron chi connectivity index (χ1n) is 9.56. The Labute approximate surface area is 184 Å². The number of hydrogen-bond acceptors (Lipinski definition) is 9. The monoisotopic (exact) mass is 434 g/mol. The number of para-hydroxylation sites is 2. The molecule has 10 heteroatoms. The summed E-state index contributed by atoms with van der Waals surface area (Å²) < 4.78 is 7.37. The van der Waals surface area contributed by atoms with E-state index in [0.29, 0.717) is 23.3 Å². The van der Waals surface area contributed by atoms with Gasteiger partial charge in [-0.05, 0) is 43.7 Å². The minimum Gasteiger partial charge on any atom is -0.495 e. The normalized spacial score (nSPS) is 10.8. The molecule has 0 aliphatic heterocycles. The van der Waals surface area contributed by atoms with Crippen LogP contribution >= 0.6 is 11.8 Å². The maximum atomic E-state index is 5.92. The minimum atomic E-state index is 0.138. The Bertz CT molecular complexity index is 1210. The molecule has 0 bridgehead atoms. The Hall–Kier alpha value is -3.66. The molecule has 3 N–H and O–H groups in total. The van der Waals surface area contributed by atoms with Gasteiger partial charge in [-0.1, -0.05) is 36.0 Å². The number of thioether (sulfide) groups is 1. The summed E-state index contributed by atoms with van der Waals surface area (Å²) in [5.74, 6) is 2.97. The van der Waals surface area contributed by atoms with E-state index >= 15 is 0 Å². The molecule has 0 saturated heterocycles. The third kappa shape index (κ3) is 4.75. The molecule has 0 fully saturated rings. The summed E-state index contributed by atoms with van der Waals surface area (Å²) in [6, 6.07) is 15.7. The minimum absolute atomic E-state index is 0.138. The van der Waals surface area contributed by atoms with E-state index in [2.05, 4.69) is 49.5 Å². The van der Waals surface area contributed by atoms with Crippen LogP contribution in [0.25, 0.3) is 5.69 Å². The van der Waals surface area contributed by atoms with E-state index < -0.39 is 0 Å². The topological polar surface area (TPSA) is 117 Å². The molecule has 2 aromatic heterocycles. The van der Waals surface area contributed by atoms with E-state index in [-0.39, 0.29) is 5.95 Å². The highest BCUT2D eigenvalue weighted by Gasteiger charge is 2.14. The fraction of sp³-hybridized carbons (Fsp3) is 0.190. The van der Waals surface area contributed by atoms with Crippen molar-refractivity contribution in [1.82, 2.24) is 29.7 Å². The number of nitrogens with two attached hydrogens (primary N) is 1. The molecule has 0 amide bonds. The van der Waals surface area contributed by atoms with Gasteiger partial charge in [-0.25, -0.2) is 0 Å². The second-order valence-electron chi connectivity index (χ2n) is 6.75. The summed E-state index contributed by atoms with van der Waals surface area (Å²) in [6.45, 7) is 3.98. The number of anilines is 3. The Morgan fingerprint density at radius 3 is 2.68 bits per heavy atom. The highest BCUT2D eigenvalue weighted by molar-refractivity contribution is 7.98. The number of aryl methyl sites for hydroxylation is 2. The number of aromatic nitrogens is 6. The lowest BCUT2D eigenvalue weighted by molar-refractivity contribution is 0.417. The standard InChI is InChI=1S/C21H22N8OS/c1-13-7-6-8-15(11-13)29-14(2)27-28-21(29)31-12-18-24-19(22)26-20(25-18)23-16-9-4-5-10-17(16)30-3/h4-11H,12H2,1-3H3,(H3,22,23,24,25,26). The number of benzene rings is 2. The highest BCUT2D eigenvalue weighted by atomic mass is 32.2. The number of nitrogens with zero attached hydrogens (tertiary/aromatic N) is 6. The summed E-state index contributed by atoms with van der Waals surface area (Å²) >= 11 is 1.48. The lowest BCUT2D eigenvalue weighted by atomic mass is 10.2. The van der Waals surface area contributed by atoms with Gasteiger partial charge in [0.15, 0.2) is 5.16 Å². The second-order valence-corrected chi connectivity index (χ2v) is 7.69. The van der Waals surface area contributed by atoms with Crippen molar-refractivity contribution in [2.75, 3.05) is 18.2 Å². The van der Waals surface area contributed by atoms with Crippen LogP contribution in [0.15, 0.2) is 53.7 Å². The maximum absolute atomic E-state index is 5.92. The maximum Gasteiger partial charge on any atom is 0.232 e. The molecule has 0 aliphatic carbocycles. The van der Waals surface area contributed by atoms with Crippen molar-refractivity contribution in [2.45, 2.75) is 24.8 Å². The fourth-order valence-electron chi connectivity index (χ4n) is 3.06. The third-order valence-electron chi connectivity index (χ3n) is 4.44. The largest absolute Gasteiger partial charge is 0.495 e. The quantitative estimate of drug-likeness (QED) is 0.420. The molecule has 4 aromatic rings. The first-order valence-corrected chi connectivity index (χ1v) is 10.5. The zero-order valence-electron chi connectivity index (χ0n) is 17.4. The number of hydrogen-bond donors (Lipinski definition) is 2. The van der Waals surface area contributed by atoms with Crippen molar-refractivity contribution in [3.63, 3.8) is 0 Å². The highest BCUT2D eigenvalue weighted by Crippen LogP contribution is 2.27. The molecule has 0 unspecified atom stereocenters. The molecular formula is C21H22N8OS. The SMILES string of the molecule is COc1ccccc1Nc1nc(N)nc(CSc2nnc(C)n2-c2cccc(C)c2)n1. The zero-order valence-corrected chi connectivity index (χ0v) is 18.2. The molecule has 158 valence electrons. The summed E-state index contributed by atoms with van der Waals surface area (Å²) in [5, 5.41) is 12.4. The lowest BCUT2D eigenvalue weighted by Crippen LogP contribution is -2.07. The summed E-state index contributed by atoms with van der Waals surface area (Å²) in [4.78, 5) is 12.9. The third-order valence-corrected chi connectivity index (χ3v) is 5.36. The van der Waals surface area contributed by atoms with Crippen LogP contribution in [0.4, 0.5) is 17.6 Å². The molecule has 0 saturated carbocycles. The van der Waals surface area contributed by atoms with Gasteiger partial charge in [0, 0.05) is 5.69 Å². The van der Waals surface area contributed by atoms with Gasteiger partial charge in [-0.3, -0.25) is 4.57 Å². The smallest absolute Gasteiger partial charge is 0.232 e. The summed E-state index contributed by atoms with van der Waals surface area (Å²) in [5.41, 5.74) is 8.84. The van der Waals surface area contributed by atoms with Crippen molar-refractivity contribution in [1.29, 1.82) is 0 Å². The lowest BCUT2D eigenvalue weighted by Gasteiger charge is -2.11. The van der Waals surface area contributed by atoms with Gasteiger partial charge >= 0.3 is 0 Å². The van der Waals surface area contributed by atoms with Gasteiger partial charge < -0.3 is 15.8 Å². The molecule has 2 aromatic carbocycles. The number of nitrogen functional groups attached to an aromatic ring is 1. The summed E-state index contributed by atoms with van der Waals surface area (Å²) in [6.07, 6.45) is 0. The van der Waals surface area contributed by atoms with E-state index in [4.69, 9.17) is 10.5 Å². The van der Waals surface area contributed by atoms with Gasteiger partial charge in [0.2, 0.25) is 11.9 Å². The average molecular weight is 435 g/mol. The molecule has 0 spiro atoms. The van der Waals surface area contributed by atoms with Crippen LogP contribution in [0, 0.1) is 13.8 Å². The molecule has 4 rings (SSSR count). The molecule has 9 nitrogen and oxygen atoms in total. The van der Waals surface area contributed by atoms with Crippen LogP contribution < -0.4 is 15.8 Å². The fourth-order valence-corrected chi connectivity index (χ4v) is 3.91. The van der Waals surface area contributed by atoms with E-state index in [1.807, 2.05) is 47.9 Å². The molecule has 31 heavy (non-hydrogen) atoms. The first kappa shape index (κ1) is 20.6. The van der Waals surface area contributed by atoms with E-state index in [0.717, 1.165) is 22.4 Å². The Morgan fingerprint density at radius 2 is 1.87 bits per heavy atom. The van der Waals surface area contributed by atoms with Crippen molar-refractivity contribution < 1.29 is 4.74 Å². The van der Waals surface area contributed by atoms with Gasteiger partial charge in [0.25, 0.3) is 0 Å². The van der Waals surface area contributed by atoms with E-state index in [1.54, 1.807) is 7.11 Å². The second kappa shape index (κ2) is 9.00. The van der Waals surface area contributed by atoms with Crippen molar-refractivity contribution >= 4 is 29.3 Å². The van der Waals surface area contributed by atoms with Crippen LogP contribution in [-0.2, 0) is 5.75 Å². The van der Waals surface area contributed by atoms with E-state index in [1.165, 1.54) is 17.3 Å². The van der Waals surface area contributed by atoms with Crippen LogP contribution in [0.1, 0.15) is 17.2 Å². The molecular weight excluding hydrogens is 412 g/mol. The zero-order chi connectivity index (χ0) is 21.8. The summed E-state index contributed by atoms with van der Waals surface area (Å²) in [7, 11) is 1.61. The Morgan fingerprint density at radius 1 is 1.03 bits per heavy atom. The average Bonchev–Trinajstić information content (AvgIpc) is 3.12. The van der Waals surface area contributed by atoms with Crippen molar-refractivity contribution in [2.24, 2.45) is 0 Å². The van der Waals surface area contributed by atoms with Crippen LogP contribution in [0.3, 0.4) is 0 Å². The number of ether oxygens (including phenoxy) is 1. The molecule has 2 heterocycles. The first-order chi connectivity index (χ1) is 15.0. The molecule has 0 atom stereocenters. The van der Waals surface area contributed by atoms with Gasteiger partial charge in [-0.2, -0.15) is 15.0 Å². The predicted molar refractivity (Wildman–Crippen MR) is 121 cm³/mol. The number of nitrogens with one attached hydrogen (secondary N) is 1. The Balaban J connectivity index is 1.55. The molecule has 0 aliphatic rings. The van der Waals surface area contributed by atoms with Crippen molar-refractivity contribution in [3.05, 3.63) is 65.7 Å². The van der Waals surface area contributed by atoms with Gasteiger partial charge in [0.05, 0.1) is 18.6 Å². The predicted octanol–water partition coefficient (Wildman–Crippen LogP) is 3.70. The van der Waals surface area contributed by atoms with E-state index in [9.17, 15) is 0 Å². The van der Waals surface area contributed by atoms with Gasteiger partial charge in [0.1, 0.15) is 17.4 Å². The number of methoxy groups -OCH3 is 1.